The molecule has 5 heteroatoms. The molecule has 2 aromatic carbocycles. The molecule has 1 amide bonds. The highest BCUT2D eigenvalue weighted by atomic mass is 79.9. The van der Waals surface area contributed by atoms with Gasteiger partial charge < -0.3 is 15.2 Å². The Morgan fingerprint density at radius 1 is 1.24 bits per heavy atom. The number of carbonyl (C=O) groups excluding carboxylic acids is 1. The molecule has 21 heavy (non-hydrogen) atoms. The molecule has 0 spiro atoms. The van der Waals surface area contributed by atoms with Gasteiger partial charge in [-0.1, -0.05) is 34.1 Å². The van der Waals surface area contributed by atoms with Crippen LogP contribution in [0.2, 0.25) is 0 Å². The van der Waals surface area contributed by atoms with E-state index in [0.29, 0.717) is 17.0 Å². The van der Waals surface area contributed by atoms with Gasteiger partial charge in [-0.3, -0.25) is 4.79 Å². The van der Waals surface area contributed by atoms with E-state index in [1.54, 1.807) is 37.3 Å². The van der Waals surface area contributed by atoms with E-state index in [2.05, 4.69) is 21.2 Å². The lowest BCUT2D eigenvalue weighted by molar-refractivity contribution is -0.118. The summed E-state index contributed by atoms with van der Waals surface area (Å²) in [5, 5.41) is 12.4. The number of halogens is 1. The fraction of sp³-hybridized carbons (Fsp3) is 0.188. The zero-order valence-electron chi connectivity index (χ0n) is 11.5. The number of benzene rings is 2. The van der Waals surface area contributed by atoms with Gasteiger partial charge in [0.1, 0.15) is 5.75 Å². The minimum Gasteiger partial charge on any atom is -0.484 e. The standard InChI is InChI=1S/C16H16BrNO3/c1-11(19)14-4-2-3-5-15(14)18-16(20)10-21-13-8-6-12(17)7-9-13/h2-9,11,19H,10H2,1H3,(H,18,20). The van der Waals surface area contributed by atoms with Gasteiger partial charge in [-0.2, -0.15) is 0 Å². The molecule has 4 nitrogen and oxygen atoms in total. The van der Waals surface area contributed by atoms with E-state index in [1.807, 2.05) is 18.2 Å². The van der Waals surface area contributed by atoms with Gasteiger partial charge >= 0.3 is 0 Å². The van der Waals surface area contributed by atoms with Crippen LogP contribution in [0.1, 0.15) is 18.6 Å². The third kappa shape index (κ3) is 4.58. The Bertz CT molecular complexity index is 611. The summed E-state index contributed by atoms with van der Waals surface area (Å²) in [7, 11) is 0. The summed E-state index contributed by atoms with van der Waals surface area (Å²) in [5.41, 5.74) is 1.27. The normalized spacial score (nSPS) is 11.8. The number of hydrogen-bond acceptors (Lipinski definition) is 3. The van der Waals surface area contributed by atoms with Crippen LogP contribution in [0.4, 0.5) is 5.69 Å². The van der Waals surface area contributed by atoms with Crippen LogP contribution >= 0.6 is 15.9 Å². The van der Waals surface area contributed by atoms with Crippen molar-refractivity contribution in [2.24, 2.45) is 0 Å². The Balaban J connectivity index is 1.94. The minimum atomic E-state index is -0.645. The molecule has 0 heterocycles. The lowest BCUT2D eigenvalue weighted by atomic mass is 10.1. The van der Waals surface area contributed by atoms with Gasteiger partial charge in [0.25, 0.3) is 5.91 Å². The first-order valence-corrected chi connectivity index (χ1v) is 7.31. The molecule has 0 saturated carbocycles. The van der Waals surface area contributed by atoms with Crippen molar-refractivity contribution in [2.45, 2.75) is 13.0 Å². The van der Waals surface area contributed by atoms with Crippen molar-refractivity contribution in [1.82, 2.24) is 0 Å². The molecular formula is C16H16BrNO3. The van der Waals surface area contributed by atoms with Gasteiger partial charge in [-0.15, -0.1) is 0 Å². The van der Waals surface area contributed by atoms with Crippen LogP contribution in [0, 0.1) is 0 Å². The molecule has 0 aliphatic rings. The highest BCUT2D eigenvalue weighted by Crippen LogP contribution is 2.22. The molecular weight excluding hydrogens is 334 g/mol. The van der Waals surface area contributed by atoms with Crippen molar-refractivity contribution in [2.75, 3.05) is 11.9 Å². The third-order valence-electron chi connectivity index (χ3n) is 2.87. The van der Waals surface area contributed by atoms with Crippen LogP contribution < -0.4 is 10.1 Å². The Morgan fingerprint density at radius 2 is 1.90 bits per heavy atom. The fourth-order valence-electron chi connectivity index (χ4n) is 1.84. The van der Waals surface area contributed by atoms with Crippen molar-refractivity contribution in [3.05, 3.63) is 58.6 Å². The molecule has 0 saturated heterocycles. The Hall–Kier alpha value is -1.85. The highest BCUT2D eigenvalue weighted by Gasteiger charge is 2.10. The van der Waals surface area contributed by atoms with Gasteiger partial charge in [-0.05, 0) is 37.3 Å². The molecule has 110 valence electrons. The molecule has 0 fully saturated rings. The summed E-state index contributed by atoms with van der Waals surface area (Å²) in [4.78, 5) is 11.9. The molecule has 2 rings (SSSR count). The number of para-hydroxylation sites is 1. The monoisotopic (exact) mass is 349 g/mol. The van der Waals surface area contributed by atoms with Crippen LogP contribution in [0.25, 0.3) is 0 Å². The molecule has 1 unspecified atom stereocenters. The summed E-state index contributed by atoms with van der Waals surface area (Å²) < 4.78 is 6.35. The first kappa shape index (κ1) is 15.5. The smallest absolute Gasteiger partial charge is 0.262 e. The van der Waals surface area contributed by atoms with Gasteiger partial charge in [0.05, 0.1) is 6.10 Å². The number of aliphatic hydroxyl groups is 1. The van der Waals surface area contributed by atoms with Crippen LogP contribution in [0.5, 0.6) is 5.75 Å². The first-order valence-electron chi connectivity index (χ1n) is 6.51. The summed E-state index contributed by atoms with van der Waals surface area (Å²) in [6, 6.07) is 14.4. The number of carbonyl (C=O) groups is 1. The zero-order valence-corrected chi connectivity index (χ0v) is 13.1. The second kappa shape index (κ2) is 7.24. The number of rotatable bonds is 5. The van der Waals surface area contributed by atoms with Gasteiger partial charge in [0.2, 0.25) is 0 Å². The molecule has 0 aliphatic heterocycles. The van der Waals surface area contributed by atoms with Crippen LogP contribution in [-0.2, 0) is 4.79 Å². The largest absolute Gasteiger partial charge is 0.484 e. The maximum atomic E-state index is 11.9. The number of aliphatic hydroxyl groups excluding tert-OH is 1. The van der Waals surface area contributed by atoms with Crippen LogP contribution in [0.15, 0.2) is 53.0 Å². The Labute approximate surface area is 131 Å². The minimum absolute atomic E-state index is 0.0875. The van der Waals surface area contributed by atoms with Crippen LogP contribution in [0.3, 0.4) is 0 Å². The average molecular weight is 350 g/mol. The molecule has 0 aliphatic carbocycles. The predicted molar refractivity (Wildman–Crippen MR) is 85.3 cm³/mol. The SMILES string of the molecule is CC(O)c1ccccc1NC(=O)COc1ccc(Br)cc1. The lowest BCUT2D eigenvalue weighted by Gasteiger charge is -2.13. The molecule has 0 aromatic heterocycles. The molecule has 0 bridgehead atoms. The lowest BCUT2D eigenvalue weighted by Crippen LogP contribution is -2.21. The summed E-state index contributed by atoms with van der Waals surface area (Å²) in [6.07, 6.45) is -0.645. The maximum absolute atomic E-state index is 11.9. The maximum Gasteiger partial charge on any atom is 0.262 e. The average Bonchev–Trinajstić information content (AvgIpc) is 2.47. The third-order valence-corrected chi connectivity index (χ3v) is 3.40. The highest BCUT2D eigenvalue weighted by molar-refractivity contribution is 9.10. The number of nitrogens with one attached hydrogen (secondary N) is 1. The molecule has 1 atom stereocenters. The van der Waals surface area contributed by atoms with Gasteiger partial charge in [0, 0.05) is 15.7 Å². The van der Waals surface area contributed by atoms with E-state index in [1.165, 1.54) is 0 Å². The summed E-state index contributed by atoms with van der Waals surface area (Å²) in [6.45, 7) is 1.57. The van der Waals surface area contributed by atoms with E-state index in [4.69, 9.17) is 4.74 Å². The number of ether oxygens (including phenoxy) is 1. The first-order chi connectivity index (χ1) is 10.1. The van der Waals surface area contributed by atoms with Crippen LogP contribution in [-0.4, -0.2) is 17.6 Å². The quantitative estimate of drug-likeness (QED) is 0.868. The zero-order chi connectivity index (χ0) is 15.2. The second-order valence-corrected chi connectivity index (χ2v) is 5.47. The predicted octanol–water partition coefficient (Wildman–Crippen LogP) is 3.52. The van der Waals surface area contributed by atoms with Crippen molar-refractivity contribution >= 4 is 27.5 Å². The number of amides is 1. The topological polar surface area (TPSA) is 58.6 Å². The number of anilines is 1. The van der Waals surface area contributed by atoms with E-state index in [0.717, 1.165) is 4.47 Å². The fourth-order valence-corrected chi connectivity index (χ4v) is 2.11. The van der Waals surface area contributed by atoms with E-state index < -0.39 is 6.10 Å². The molecule has 0 radical (unpaired) electrons. The molecule has 2 aromatic rings. The van der Waals surface area contributed by atoms with Crippen molar-refractivity contribution in [3.63, 3.8) is 0 Å². The Morgan fingerprint density at radius 3 is 2.57 bits per heavy atom. The van der Waals surface area contributed by atoms with Crippen molar-refractivity contribution in [1.29, 1.82) is 0 Å². The van der Waals surface area contributed by atoms with Crippen molar-refractivity contribution < 1.29 is 14.6 Å². The van der Waals surface area contributed by atoms with Crippen molar-refractivity contribution in [3.8, 4) is 5.75 Å². The van der Waals surface area contributed by atoms with E-state index >= 15 is 0 Å². The molecule has 2 N–H and O–H groups in total. The second-order valence-electron chi connectivity index (χ2n) is 4.55. The summed E-state index contributed by atoms with van der Waals surface area (Å²) >= 11 is 3.33. The van der Waals surface area contributed by atoms with E-state index in [9.17, 15) is 9.90 Å². The Kier molecular flexibility index (Phi) is 5.36. The number of hydrogen-bond donors (Lipinski definition) is 2. The van der Waals surface area contributed by atoms with Gasteiger partial charge in [-0.25, -0.2) is 0 Å². The van der Waals surface area contributed by atoms with Gasteiger partial charge in [0.15, 0.2) is 6.61 Å². The van der Waals surface area contributed by atoms with E-state index in [-0.39, 0.29) is 12.5 Å². The summed E-state index contributed by atoms with van der Waals surface area (Å²) in [5.74, 6) is 0.350.